The van der Waals surface area contributed by atoms with Gasteiger partial charge >= 0.3 is 0 Å². The fourth-order valence-corrected chi connectivity index (χ4v) is 4.12. The molecule has 2 heterocycles. The lowest BCUT2D eigenvalue weighted by atomic mass is 10.1. The third kappa shape index (κ3) is 4.53. The Morgan fingerprint density at radius 3 is 2.77 bits per heavy atom. The van der Waals surface area contributed by atoms with E-state index < -0.39 is 0 Å². The number of hydrogen-bond donors (Lipinski definition) is 0. The zero-order valence-corrected chi connectivity index (χ0v) is 18.1. The van der Waals surface area contributed by atoms with Crippen molar-refractivity contribution in [3.8, 4) is 5.75 Å². The van der Waals surface area contributed by atoms with Gasteiger partial charge < -0.3 is 14.5 Å². The SMILES string of the molecule is C=CC(=O)N1CCN(c2nc(CCc3cccc(OC)c3)nc3ccccc23)C(C)C1. The first kappa shape index (κ1) is 20.8. The number of nitrogens with zero attached hydrogens (tertiary/aromatic N) is 4. The summed E-state index contributed by atoms with van der Waals surface area (Å²) in [6.07, 6.45) is 2.97. The van der Waals surface area contributed by atoms with Crippen LogP contribution in [0.4, 0.5) is 5.82 Å². The van der Waals surface area contributed by atoms with Crippen LogP contribution in [0.3, 0.4) is 0 Å². The van der Waals surface area contributed by atoms with Crippen LogP contribution in [0.25, 0.3) is 10.9 Å². The molecule has 0 aliphatic carbocycles. The molecule has 1 amide bonds. The molecule has 2 aromatic carbocycles. The summed E-state index contributed by atoms with van der Waals surface area (Å²) < 4.78 is 5.34. The number of fused-ring (bicyclic) bond motifs is 1. The average Bonchev–Trinajstić information content (AvgIpc) is 2.81. The Kier molecular flexibility index (Phi) is 6.16. The number of aromatic nitrogens is 2. The number of amides is 1. The maximum Gasteiger partial charge on any atom is 0.246 e. The first-order valence-corrected chi connectivity index (χ1v) is 10.7. The van der Waals surface area contributed by atoms with Crippen molar-refractivity contribution >= 4 is 22.6 Å². The van der Waals surface area contributed by atoms with Crippen molar-refractivity contribution in [2.75, 3.05) is 31.6 Å². The number of piperazine rings is 1. The van der Waals surface area contributed by atoms with E-state index in [2.05, 4.69) is 36.6 Å². The third-order valence-corrected chi connectivity index (χ3v) is 5.79. The van der Waals surface area contributed by atoms with Gasteiger partial charge in [-0.15, -0.1) is 0 Å². The van der Waals surface area contributed by atoms with Crippen molar-refractivity contribution in [3.63, 3.8) is 0 Å². The second-order valence-electron chi connectivity index (χ2n) is 7.86. The van der Waals surface area contributed by atoms with Crippen LogP contribution in [0.2, 0.25) is 0 Å². The Balaban J connectivity index is 1.61. The Hall–Kier alpha value is -3.41. The summed E-state index contributed by atoms with van der Waals surface area (Å²) >= 11 is 0. The van der Waals surface area contributed by atoms with Crippen molar-refractivity contribution in [2.24, 2.45) is 0 Å². The van der Waals surface area contributed by atoms with E-state index >= 15 is 0 Å². The van der Waals surface area contributed by atoms with Gasteiger partial charge in [-0.3, -0.25) is 4.79 Å². The Bertz CT molecular complexity index is 1100. The van der Waals surface area contributed by atoms with Gasteiger partial charge in [0, 0.05) is 37.5 Å². The van der Waals surface area contributed by atoms with Crippen LogP contribution in [0.1, 0.15) is 18.3 Å². The summed E-state index contributed by atoms with van der Waals surface area (Å²) in [5.74, 6) is 2.62. The molecule has 1 fully saturated rings. The van der Waals surface area contributed by atoms with Crippen LogP contribution in [0.5, 0.6) is 5.75 Å². The van der Waals surface area contributed by atoms with E-state index in [-0.39, 0.29) is 11.9 Å². The van der Waals surface area contributed by atoms with E-state index in [1.54, 1.807) is 7.11 Å². The largest absolute Gasteiger partial charge is 0.497 e. The van der Waals surface area contributed by atoms with Gasteiger partial charge in [-0.25, -0.2) is 9.97 Å². The number of rotatable bonds is 6. The summed E-state index contributed by atoms with van der Waals surface area (Å²) in [4.78, 5) is 26.0. The predicted molar refractivity (Wildman–Crippen MR) is 124 cm³/mol. The van der Waals surface area contributed by atoms with Crippen LogP contribution < -0.4 is 9.64 Å². The number of hydrogen-bond acceptors (Lipinski definition) is 5. The normalized spacial score (nSPS) is 16.4. The number of carbonyl (C=O) groups excluding carboxylic acids is 1. The second kappa shape index (κ2) is 9.16. The number of para-hydroxylation sites is 1. The zero-order valence-electron chi connectivity index (χ0n) is 18.1. The number of methoxy groups -OCH3 is 1. The van der Waals surface area contributed by atoms with Crippen LogP contribution in [0.15, 0.2) is 61.2 Å². The standard InChI is InChI=1S/C25H28N4O2/c1-4-24(30)28-14-15-29(18(2)17-28)25-21-10-5-6-11-22(21)26-23(27-25)13-12-19-8-7-9-20(16-19)31-3/h4-11,16,18H,1,12-15,17H2,2-3H3. The monoisotopic (exact) mass is 416 g/mol. The van der Waals surface area contributed by atoms with Crippen molar-refractivity contribution < 1.29 is 9.53 Å². The lowest BCUT2D eigenvalue weighted by molar-refractivity contribution is -0.126. The zero-order chi connectivity index (χ0) is 21.8. The highest BCUT2D eigenvalue weighted by atomic mass is 16.5. The minimum absolute atomic E-state index is 0.0157. The molecular formula is C25H28N4O2. The van der Waals surface area contributed by atoms with E-state index in [9.17, 15) is 4.79 Å². The molecule has 1 aromatic heterocycles. The van der Waals surface area contributed by atoms with Crippen molar-refractivity contribution in [1.29, 1.82) is 0 Å². The molecule has 1 saturated heterocycles. The first-order chi connectivity index (χ1) is 15.1. The highest BCUT2D eigenvalue weighted by Gasteiger charge is 2.28. The van der Waals surface area contributed by atoms with E-state index in [1.807, 2.05) is 35.2 Å². The van der Waals surface area contributed by atoms with Gasteiger partial charge in [-0.2, -0.15) is 0 Å². The third-order valence-electron chi connectivity index (χ3n) is 5.79. The Morgan fingerprint density at radius 1 is 1.16 bits per heavy atom. The molecule has 6 heteroatoms. The summed E-state index contributed by atoms with van der Waals surface area (Å²) in [5, 5.41) is 1.04. The molecule has 1 aliphatic heterocycles. The van der Waals surface area contributed by atoms with Crippen molar-refractivity contribution in [1.82, 2.24) is 14.9 Å². The summed E-state index contributed by atoms with van der Waals surface area (Å²) in [6.45, 7) is 7.80. The number of aryl methyl sites for hydroxylation is 2. The van der Waals surface area contributed by atoms with Crippen LogP contribution >= 0.6 is 0 Å². The molecule has 160 valence electrons. The average molecular weight is 417 g/mol. The molecular weight excluding hydrogens is 388 g/mol. The molecule has 0 N–H and O–H groups in total. The number of carbonyl (C=O) groups is 1. The van der Waals surface area contributed by atoms with Gasteiger partial charge in [-0.1, -0.05) is 30.8 Å². The van der Waals surface area contributed by atoms with Gasteiger partial charge in [0.1, 0.15) is 17.4 Å². The minimum atomic E-state index is -0.0157. The lowest BCUT2D eigenvalue weighted by Crippen LogP contribution is -2.53. The number of anilines is 1. The molecule has 0 bridgehead atoms. The first-order valence-electron chi connectivity index (χ1n) is 10.7. The molecule has 3 aromatic rings. The number of benzene rings is 2. The fourth-order valence-electron chi connectivity index (χ4n) is 4.12. The predicted octanol–water partition coefficient (Wildman–Crippen LogP) is 3.65. The number of ether oxygens (including phenoxy) is 1. The van der Waals surface area contributed by atoms with Crippen LogP contribution in [-0.4, -0.2) is 53.6 Å². The van der Waals surface area contributed by atoms with Crippen LogP contribution in [-0.2, 0) is 17.6 Å². The molecule has 0 saturated carbocycles. The highest BCUT2D eigenvalue weighted by Crippen LogP contribution is 2.27. The van der Waals surface area contributed by atoms with E-state index in [0.29, 0.717) is 13.1 Å². The molecule has 31 heavy (non-hydrogen) atoms. The van der Waals surface area contributed by atoms with Gasteiger partial charge in [-0.05, 0) is 49.2 Å². The second-order valence-corrected chi connectivity index (χ2v) is 7.86. The minimum Gasteiger partial charge on any atom is -0.497 e. The maximum atomic E-state index is 12.0. The molecule has 1 atom stereocenters. The molecule has 0 spiro atoms. The maximum absolute atomic E-state index is 12.0. The molecule has 6 nitrogen and oxygen atoms in total. The topological polar surface area (TPSA) is 58.6 Å². The summed E-state index contributed by atoms with van der Waals surface area (Å²) in [7, 11) is 1.68. The van der Waals surface area contributed by atoms with Gasteiger partial charge in [0.15, 0.2) is 0 Å². The molecule has 0 radical (unpaired) electrons. The van der Waals surface area contributed by atoms with E-state index in [1.165, 1.54) is 11.6 Å². The Labute approximate surface area is 183 Å². The lowest BCUT2D eigenvalue weighted by Gasteiger charge is -2.40. The highest BCUT2D eigenvalue weighted by molar-refractivity contribution is 5.90. The van der Waals surface area contributed by atoms with Gasteiger partial charge in [0.05, 0.1) is 12.6 Å². The molecule has 1 unspecified atom stereocenters. The van der Waals surface area contributed by atoms with Crippen molar-refractivity contribution in [2.45, 2.75) is 25.8 Å². The molecule has 4 rings (SSSR count). The smallest absolute Gasteiger partial charge is 0.246 e. The Morgan fingerprint density at radius 2 is 2.00 bits per heavy atom. The van der Waals surface area contributed by atoms with Gasteiger partial charge in [0.25, 0.3) is 0 Å². The van der Waals surface area contributed by atoms with E-state index in [4.69, 9.17) is 14.7 Å². The van der Waals surface area contributed by atoms with Crippen LogP contribution in [0, 0.1) is 0 Å². The van der Waals surface area contributed by atoms with E-state index in [0.717, 1.165) is 47.7 Å². The summed E-state index contributed by atoms with van der Waals surface area (Å²) in [6, 6.07) is 16.4. The fraction of sp³-hybridized carbons (Fsp3) is 0.320. The van der Waals surface area contributed by atoms with Crippen molar-refractivity contribution in [3.05, 3.63) is 72.6 Å². The molecule has 1 aliphatic rings. The quantitative estimate of drug-likeness (QED) is 0.574. The summed E-state index contributed by atoms with van der Waals surface area (Å²) in [5.41, 5.74) is 2.15. The van der Waals surface area contributed by atoms with Gasteiger partial charge in [0.2, 0.25) is 5.91 Å².